The Morgan fingerprint density at radius 3 is 2.20 bits per heavy atom. The van der Waals surface area contributed by atoms with Gasteiger partial charge in [0.05, 0.1) is 22.9 Å². The van der Waals surface area contributed by atoms with E-state index < -0.39 is 11.4 Å². The van der Waals surface area contributed by atoms with Crippen LogP contribution in [0.2, 0.25) is 0 Å². The van der Waals surface area contributed by atoms with E-state index in [1.165, 1.54) is 0 Å². The Bertz CT molecular complexity index is 1310. The molecule has 0 saturated heterocycles. The fourth-order valence-corrected chi connectivity index (χ4v) is 4.47. The maximum absolute atomic E-state index is 11.6. The van der Waals surface area contributed by atoms with Gasteiger partial charge >= 0.3 is 5.97 Å². The summed E-state index contributed by atoms with van der Waals surface area (Å²) in [5, 5.41) is 20.5. The maximum atomic E-state index is 11.6. The van der Waals surface area contributed by atoms with Crippen LogP contribution in [0.5, 0.6) is 0 Å². The minimum atomic E-state index is -0.728. The summed E-state index contributed by atoms with van der Waals surface area (Å²) in [6.07, 6.45) is 1.41. The number of carboxylic acid groups (broad SMARTS) is 1. The number of benzene rings is 3. The maximum Gasteiger partial charge on any atom is 0.314 e. The van der Waals surface area contributed by atoms with Crippen LogP contribution < -0.4 is 5.32 Å². The number of H-pyrrole nitrogens is 1. The van der Waals surface area contributed by atoms with Crippen LogP contribution in [-0.2, 0) is 14.9 Å². The second-order valence-electron chi connectivity index (χ2n) is 9.15. The summed E-state index contributed by atoms with van der Waals surface area (Å²) in [4.78, 5) is 11.6. The molecule has 0 bridgehead atoms. The Kier molecular flexibility index (Phi) is 6.14. The summed E-state index contributed by atoms with van der Waals surface area (Å²) in [5.41, 5.74) is 7.19. The summed E-state index contributed by atoms with van der Waals surface area (Å²) >= 11 is 0. The van der Waals surface area contributed by atoms with Gasteiger partial charge in [0.15, 0.2) is 0 Å². The van der Waals surface area contributed by atoms with Crippen molar-refractivity contribution in [2.45, 2.75) is 38.2 Å². The van der Waals surface area contributed by atoms with E-state index in [-0.39, 0.29) is 6.10 Å². The van der Waals surface area contributed by atoms with E-state index in [1.807, 2.05) is 56.3 Å². The number of hydrogen-bond acceptors (Lipinski definition) is 4. The van der Waals surface area contributed by atoms with Crippen molar-refractivity contribution in [1.29, 1.82) is 0 Å². The average Bonchev–Trinajstić information content (AvgIpc) is 3.63. The number of ether oxygens (including phenoxy) is 1. The highest BCUT2D eigenvalue weighted by Crippen LogP contribution is 2.48. The van der Waals surface area contributed by atoms with E-state index in [1.54, 1.807) is 0 Å². The molecule has 1 aliphatic rings. The topological polar surface area (TPSA) is 87.2 Å². The first kappa shape index (κ1) is 22.9. The minimum absolute atomic E-state index is 0.0182. The standard InChI is InChI=1S/C29H29N3O3/c1-19-26(30-18-35-20(2)21-6-4-3-5-7-21)27(32-31-19)24-10-8-22(9-11-24)23-12-14-25(15-13-23)29(16-17-29)28(33)34/h3-15,20,30H,16-18H2,1-2H3,(H,31,32)(H,33,34). The third-order valence-electron chi connectivity index (χ3n) is 6.89. The lowest BCUT2D eigenvalue weighted by molar-refractivity contribution is -0.140. The molecule has 0 radical (unpaired) electrons. The SMILES string of the molecule is Cc1[nH]nc(-c2ccc(-c3ccc(C4(C(=O)O)CC4)cc3)cc2)c1NCOC(C)c1ccccc1. The van der Waals surface area contributed by atoms with Gasteiger partial charge in [0.2, 0.25) is 0 Å². The summed E-state index contributed by atoms with van der Waals surface area (Å²) < 4.78 is 5.99. The third-order valence-corrected chi connectivity index (χ3v) is 6.89. The molecule has 1 saturated carbocycles. The summed E-state index contributed by atoms with van der Waals surface area (Å²) in [6, 6.07) is 26.3. The quantitative estimate of drug-likeness (QED) is 0.251. The second-order valence-corrected chi connectivity index (χ2v) is 9.15. The van der Waals surface area contributed by atoms with Gasteiger partial charge in [0.25, 0.3) is 0 Å². The number of aromatic nitrogens is 2. The van der Waals surface area contributed by atoms with Crippen LogP contribution in [0.1, 0.15) is 42.7 Å². The van der Waals surface area contributed by atoms with E-state index in [9.17, 15) is 9.90 Å². The van der Waals surface area contributed by atoms with Crippen molar-refractivity contribution in [3.8, 4) is 22.4 Å². The zero-order chi connectivity index (χ0) is 24.4. The smallest absolute Gasteiger partial charge is 0.314 e. The van der Waals surface area contributed by atoms with E-state index in [0.29, 0.717) is 19.6 Å². The Balaban J connectivity index is 1.27. The average molecular weight is 468 g/mol. The van der Waals surface area contributed by atoms with Crippen molar-refractivity contribution in [2.75, 3.05) is 12.0 Å². The summed E-state index contributed by atoms with van der Waals surface area (Å²) in [7, 11) is 0. The molecule has 3 N–H and O–H groups in total. The van der Waals surface area contributed by atoms with Crippen LogP contribution in [0.25, 0.3) is 22.4 Å². The number of anilines is 1. The number of carbonyl (C=O) groups is 1. The normalized spacial score (nSPS) is 14.9. The van der Waals surface area contributed by atoms with Gasteiger partial charge in [-0.2, -0.15) is 5.10 Å². The van der Waals surface area contributed by atoms with Crippen molar-refractivity contribution in [1.82, 2.24) is 10.2 Å². The van der Waals surface area contributed by atoms with Crippen molar-refractivity contribution in [2.24, 2.45) is 0 Å². The van der Waals surface area contributed by atoms with Crippen LogP contribution in [-0.4, -0.2) is 28.0 Å². The lowest BCUT2D eigenvalue weighted by Gasteiger charge is -2.15. The van der Waals surface area contributed by atoms with E-state index in [4.69, 9.17) is 4.74 Å². The molecule has 178 valence electrons. The Morgan fingerprint density at radius 1 is 1.00 bits per heavy atom. The van der Waals surface area contributed by atoms with E-state index >= 15 is 0 Å². The molecular weight excluding hydrogens is 438 g/mol. The van der Waals surface area contributed by atoms with Gasteiger partial charge in [0, 0.05) is 5.56 Å². The molecule has 0 spiro atoms. The van der Waals surface area contributed by atoms with Gasteiger partial charge in [-0.25, -0.2) is 0 Å². The fourth-order valence-electron chi connectivity index (χ4n) is 4.47. The highest BCUT2D eigenvalue weighted by molar-refractivity contribution is 5.85. The predicted molar refractivity (Wildman–Crippen MR) is 137 cm³/mol. The lowest BCUT2D eigenvalue weighted by atomic mass is 9.93. The minimum Gasteiger partial charge on any atom is -0.481 e. The Morgan fingerprint density at radius 2 is 1.60 bits per heavy atom. The molecule has 0 amide bonds. The van der Waals surface area contributed by atoms with E-state index in [0.717, 1.165) is 44.9 Å². The van der Waals surface area contributed by atoms with Crippen molar-refractivity contribution < 1.29 is 14.6 Å². The van der Waals surface area contributed by atoms with Gasteiger partial charge in [-0.3, -0.25) is 9.89 Å². The molecular formula is C29H29N3O3. The molecule has 1 fully saturated rings. The second kappa shape index (κ2) is 9.39. The molecule has 1 unspecified atom stereocenters. The van der Waals surface area contributed by atoms with Gasteiger partial charge in [0.1, 0.15) is 12.4 Å². The molecule has 3 aromatic carbocycles. The first-order chi connectivity index (χ1) is 17.0. The zero-order valence-corrected chi connectivity index (χ0v) is 19.9. The fraction of sp³-hybridized carbons (Fsp3) is 0.241. The molecule has 0 aliphatic heterocycles. The Labute approximate surface area is 205 Å². The third kappa shape index (κ3) is 4.57. The predicted octanol–water partition coefficient (Wildman–Crippen LogP) is 6.32. The monoisotopic (exact) mass is 467 g/mol. The van der Waals surface area contributed by atoms with Gasteiger partial charge in [-0.1, -0.05) is 78.9 Å². The molecule has 1 atom stereocenters. The Hall–Kier alpha value is -3.90. The van der Waals surface area contributed by atoms with Gasteiger partial charge < -0.3 is 15.2 Å². The highest BCUT2D eigenvalue weighted by Gasteiger charge is 2.51. The molecule has 5 rings (SSSR count). The molecule has 1 aliphatic carbocycles. The molecule has 6 heteroatoms. The van der Waals surface area contributed by atoms with Crippen LogP contribution in [0, 0.1) is 6.92 Å². The number of nitrogens with zero attached hydrogens (tertiary/aromatic N) is 1. The van der Waals surface area contributed by atoms with Crippen molar-refractivity contribution in [3.05, 3.63) is 95.7 Å². The van der Waals surface area contributed by atoms with Crippen LogP contribution in [0.3, 0.4) is 0 Å². The number of carboxylic acids is 1. The van der Waals surface area contributed by atoms with Crippen molar-refractivity contribution in [3.63, 3.8) is 0 Å². The number of aryl methyl sites for hydroxylation is 1. The molecule has 1 aromatic heterocycles. The van der Waals surface area contributed by atoms with Crippen LogP contribution in [0.4, 0.5) is 5.69 Å². The first-order valence-corrected chi connectivity index (χ1v) is 11.9. The van der Waals surface area contributed by atoms with Crippen LogP contribution >= 0.6 is 0 Å². The molecule has 6 nitrogen and oxygen atoms in total. The van der Waals surface area contributed by atoms with E-state index in [2.05, 4.69) is 51.9 Å². The first-order valence-electron chi connectivity index (χ1n) is 11.9. The number of aliphatic carboxylic acids is 1. The lowest BCUT2D eigenvalue weighted by Crippen LogP contribution is -2.19. The summed E-state index contributed by atoms with van der Waals surface area (Å²) in [5.74, 6) is -0.728. The number of hydrogen-bond donors (Lipinski definition) is 3. The largest absolute Gasteiger partial charge is 0.481 e. The highest BCUT2D eigenvalue weighted by atomic mass is 16.5. The number of nitrogens with one attached hydrogen (secondary N) is 2. The van der Waals surface area contributed by atoms with Crippen molar-refractivity contribution >= 4 is 11.7 Å². The molecule has 1 heterocycles. The zero-order valence-electron chi connectivity index (χ0n) is 19.9. The molecule has 35 heavy (non-hydrogen) atoms. The summed E-state index contributed by atoms with van der Waals surface area (Å²) in [6.45, 7) is 4.39. The number of rotatable bonds is 9. The molecule has 4 aromatic rings. The van der Waals surface area contributed by atoms with Gasteiger partial charge in [-0.05, 0) is 48.9 Å². The number of aromatic amines is 1. The van der Waals surface area contributed by atoms with Crippen LogP contribution in [0.15, 0.2) is 78.9 Å². The van der Waals surface area contributed by atoms with Gasteiger partial charge in [-0.15, -0.1) is 0 Å².